The van der Waals surface area contributed by atoms with Crippen LogP contribution in [0, 0.1) is 5.92 Å². The molecule has 0 saturated heterocycles. The third-order valence-corrected chi connectivity index (χ3v) is 3.11. The van der Waals surface area contributed by atoms with Gasteiger partial charge in [-0.15, -0.1) is 0 Å². The van der Waals surface area contributed by atoms with Gasteiger partial charge in [0.1, 0.15) is 5.75 Å². The van der Waals surface area contributed by atoms with E-state index in [1.165, 1.54) is 7.11 Å². The van der Waals surface area contributed by atoms with Gasteiger partial charge in [-0.05, 0) is 30.5 Å². The quantitative estimate of drug-likeness (QED) is 0.811. The first-order chi connectivity index (χ1) is 9.43. The van der Waals surface area contributed by atoms with Gasteiger partial charge in [0.05, 0.1) is 12.7 Å². The van der Waals surface area contributed by atoms with Crippen molar-refractivity contribution in [3.8, 4) is 5.75 Å². The van der Waals surface area contributed by atoms with Crippen molar-refractivity contribution in [2.45, 2.75) is 19.8 Å². The first-order valence-corrected chi connectivity index (χ1v) is 6.65. The third-order valence-electron chi connectivity index (χ3n) is 2.87. The summed E-state index contributed by atoms with van der Waals surface area (Å²) in [6, 6.07) is 4.79. The molecule has 5 nitrogen and oxygen atoms in total. The first-order valence-electron chi connectivity index (χ1n) is 6.27. The zero-order valence-corrected chi connectivity index (χ0v) is 12.2. The van der Waals surface area contributed by atoms with E-state index in [0.29, 0.717) is 29.3 Å². The van der Waals surface area contributed by atoms with Crippen molar-refractivity contribution in [2.24, 2.45) is 5.92 Å². The summed E-state index contributed by atoms with van der Waals surface area (Å²) in [5.74, 6) is -0.593. The lowest BCUT2D eigenvalue weighted by molar-refractivity contribution is -0.137. The number of carboxylic acids is 1. The van der Waals surface area contributed by atoms with Gasteiger partial charge in [0.2, 0.25) is 0 Å². The second-order valence-corrected chi connectivity index (χ2v) is 5.03. The average molecular weight is 300 g/mol. The molecule has 0 aliphatic rings. The minimum atomic E-state index is -0.831. The summed E-state index contributed by atoms with van der Waals surface area (Å²) in [5, 5.41) is 11.9. The molecule has 0 radical (unpaired) electrons. The molecular formula is C14H18ClNO4. The SMILES string of the molecule is COc1cc(Cl)ccc1C(=O)NCC(C)CCC(=O)O. The maximum atomic E-state index is 12.0. The van der Waals surface area contributed by atoms with Crippen molar-refractivity contribution in [1.29, 1.82) is 0 Å². The molecule has 6 heteroatoms. The van der Waals surface area contributed by atoms with Gasteiger partial charge in [0, 0.05) is 18.0 Å². The van der Waals surface area contributed by atoms with E-state index >= 15 is 0 Å². The van der Waals surface area contributed by atoms with E-state index in [-0.39, 0.29) is 18.2 Å². The van der Waals surface area contributed by atoms with E-state index in [1.807, 2.05) is 6.92 Å². The molecule has 0 fully saturated rings. The maximum absolute atomic E-state index is 12.0. The molecule has 0 spiro atoms. The summed E-state index contributed by atoms with van der Waals surface area (Å²) in [6.45, 7) is 2.31. The number of nitrogens with one attached hydrogen (secondary N) is 1. The Hall–Kier alpha value is -1.75. The van der Waals surface area contributed by atoms with Gasteiger partial charge in [-0.3, -0.25) is 9.59 Å². The Balaban J connectivity index is 2.56. The Bertz CT molecular complexity index is 490. The lowest BCUT2D eigenvalue weighted by atomic mass is 10.1. The smallest absolute Gasteiger partial charge is 0.303 e. The number of ether oxygens (including phenoxy) is 1. The van der Waals surface area contributed by atoms with Crippen LogP contribution in [0.15, 0.2) is 18.2 Å². The number of carbonyl (C=O) groups is 2. The Morgan fingerprint density at radius 2 is 2.15 bits per heavy atom. The van der Waals surface area contributed by atoms with Gasteiger partial charge < -0.3 is 15.2 Å². The number of halogens is 1. The molecule has 1 aromatic rings. The van der Waals surface area contributed by atoms with Crippen LogP contribution in [0.25, 0.3) is 0 Å². The lowest BCUT2D eigenvalue weighted by Crippen LogP contribution is -2.28. The number of hydrogen-bond donors (Lipinski definition) is 2. The summed E-state index contributed by atoms with van der Waals surface area (Å²) >= 11 is 5.83. The van der Waals surface area contributed by atoms with Crippen LogP contribution in [0.4, 0.5) is 0 Å². The highest BCUT2D eigenvalue weighted by atomic mass is 35.5. The maximum Gasteiger partial charge on any atom is 0.303 e. The standard InChI is InChI=1S/C14H18ClNO4/c1-9(3-6-13(17)18)8-16-14(19)11-5-4-10(15)7-12(11)20-2/h4-5,7,9H,3,6,8H2,1-2H3,(H,16,19)(H,17,18). The number of methoxy groups -OCH3 is 1. The van der Waals surface area contributed by atoms with Crippen LogP contribution in [0.2, 0.25) is 5.02 Å². The minimum Gasteiger partial charge on any atom is -0.496 e. The van der Waals surface area contributed by atoms with Crippen molar-refractivity contribution >= 4 is 23.5 Å². The van der Waals surface area contributed by atoms with Crippen molar-refractivity contribution in [1.82, 2.24) is 5.32 Å². The molecule has 110 valence electrons. The zero-order valence-electron chi connectivity index (χ0n) is 11.5. The second-order valence-electron chi connectivity index (χ2n) is 4.59. The Morgan fingerprint density at radius 1 is 1.45 bits per heavy atom. The summed E-state index contributed by atoms with van der Waals surface area (Å²) in [4.78, 5) is 22.5. The molecule has 1 aromatic carbocycles. The van der Waals surface area contributed by atoms with E-state index in [4.69, 9.17) is 21.4 Å². The van der Waals surface area contributed by atoms with Crippen LogP contribution in [0.3, 0.4) is 0 Å². The van der Waals surface area contributed by atoms with Gasteiger partial charge >= 0.3 is 5.97 Å². The van der Waals surface area contributed by atoms with Crippen LogP contribution >= 0.6 is 11.6 Å². The summed E-state index contributed by atoms with van der Waals surface area (Å²) in [5.41, 5.74) is 0.405. The fourth-order valence-electron chi connectivity index (χ4n) is 1.69. The van der Waals surface area contributed by atoms with Crippen molar-refractivity contribution in [2.75, 3.05) is 13.7 Å². The highest BCUT2D eigenvalue weighted by Gasteiger charge is 2.14. The zero-order chi connectivity index (χ0) is 15.1. The van der Waals surface area contributed by atoms with E-state index in [9.17, 15) is 9.59 Å². The Labute approximate surface area is 122 Å². The highest BCUT2D eigenvalue weighted by molar-refractivity contribution is 6.30. The summed E-state index contributed by atoms with van der Waals surface area (Å²) in [6.07, 6.45) is 0.620. The van der Waals surface area contributed by atoms with Gasteiger partial charge in [0.15, 0.2) is 0 Å². The van der Waals surface area contributed by atoms with E-state index in [0.717, 1.165) is 0 Å². The molecule has 0 aromatic heterocycles. The summed E-state index contributed by atoms with van der Waals surface area (Å²) in [7, 11) is 1.47. The van der Waals surface area contributed by atoms with Gasteiger partial charge in [-0.2, -0.15) is 0 Å². The van der Waals surface area contributed by atoms with Crippen LogP contribution in [0.1, 0.15) is 30.1 Å². The largest absolute Gasteiger partial charge is 0.496 e. The van der Waals surface area contributed by atoms with Gasteiger partial charge in [-0.1, -0.05) is 18.5 Å². The molecule has 0 saturated carbocycles. The molecule has 1 unspecified atom stereocenters. The van der Waals surface area contributed by atoms with Crippen LogP contribution < -0.4 is 10.1 Å². The van der Waals surface area contributed by atoms with E-state index in [1.54, 1.807) is 18.2 Å². The van der Waals surface area contributed by atoms with Crippen molar-refractivity contribution < 1.29 is 19.4 Å². The number of rotatable bonds is 7. The topological polar surface area (TPSA) is 75.6 Å². The molecule has 20 heavy (non-hydrogen) atoms. The molecule has 0 aliphatic carbocycles. The number of carboxylic acid groups (broad SMARTS) is 1. The van der Waals surface area contributed by atoms with Crippen molar-refractivity contribution in [3.63, 3.8) is 0 Å². The lowest BCUT2D eigenvalue weighted by Gasteiger charge is -2.13. The first kappa shape index (κ1) is 16.3. The molecule has 2 N–H and O–H groups in total. The molecule has 1 rings (SSSR count). The Kier molecular flexibility index (Phi) is 6.31. The Morgan fingerprint density at radius 3 is 2.75 bits per heavy atom. The monoisotopic (exact) mass is 299 g/mol. The van der Waals surface area contributed by atoms with Crippen LogP contribution in [-0.4, -0.2) is 30.6 Å². The van der Waals surface area contributed by atoms with Gasteiger partial charge in [-0.25, -0.2) is 0 Å². The third kappa shape index (κ3) is 5.09. The second kappa shape index (κ2) is 7.75. The molecule has 0 heterocycles. The molecule has 1 amide bonds. The van der Waals surface area contributed by atoms with E-state index < -0.39 is 5.97 Å². The van der Waals surface area contributed by atoms with Crippen molar-refractivity contribution in [3.05, 3.63) is 28.8 Å². The minimum absolute atomic E-state index is 0.0911. The number of hydrogen-bond acceptors (Lipinski definition) is 3. The predicted molar refractivity (Wildman–Crippen MR) is 76.4 cm³/mol. The van der Waals surface area contributed by atoms with Crippen LogP contribution in [-0.2, 0) is 4.79 Å². The normalized spacial score (nSPS) is 11.8. The average Bonchev–Trinajstić information content (AvgIpc) is 2.42. The van der Waals surface area contributed by atoms with E-state index in [2.05, 4.69) is 5.32 Å². The number of carbonyl (C=O) groups excluding carboxylic acids is 1. The molecule has 1 atom stereocenters. The number of benzene rings is 1. The fraction of sp³-hybridized carbons (Fsp3) is 0.429. The predicted octanol–water partition coefficient (Wildman–Crippen LogP) is 2.58. The van der Waals surface area contributed by atoms with Gasteiger partial charge in [0.25, 0.3) is 5.91 Å². The molecule has 0 aliphatic heterocycles. The fourth-order valence-corrected chi connectivity index (χ4v) is 1.85. The highest BCUT2D eigenvalue weighted by Crippen LogP contribution is 2.23. The molecular weight excluding hydrogens is 282 g/mol. The summed E-state index contributed by atoms with van der Waals surface area (Å²) < 4.78 is 5.11. The number of amides is 1. The van der Waals surface area contributed by atoms with Crippen LogP contribution in [0.5, 0.6) is 5.75 Å². The molecule has 0 bridgehead atoms. The number of aliphatic carboxylic acids is 1.